The Morgan fingerprint density at radius 1 is 1.14 bits per heavy atom. The van der Waals surface area contributed by atoms with E-state index in [2.05, 4.69) is 0 Å². The molecule has 0 atom stereocenters. The van der Waals surface area contributed by atoms with Crippen LogP contribution in [0.15, 0.2) is 0 Å². The van der Waals surface area contributed by atoms with E-state index in [0.29, 0.717) is 0 Å². The zero-order chi connectivity index (χ0) is 4.50. The summed E-state index contributed by atoms with van der Waals surface area (Å²) in [5, 5.41) is 8.52. The van der Waals surface area contributed by atoms with Gasteiger partial charge in [-0.25, -0.2) is 0 Å². The first kappa shape index (κ1) is 15.8. The Kier molecular flexibility index (Phi) is 12.9. The third kappa shape index (κ3) is 96.3. The third-order valence-electron chi connectivity index (χ3n) is 0. The molecule has 0 aromatic rings. The molecule has 0 aromatic carbocycles. The number of hydrogen-bond donors (Lipinski definition) is 1. The maximum Gasteiger partial charge on any atom is 1.00 e. The third-order valence-corrected chi connectivity index (χ3v) is 0. The summed E-state index contributed by atoms with van der Waals surface area (Å²) in [6.45, 7) is 5.23. The Morgan fingerprint density at radius 3 is 1.14 bits per heavy atom. The van der Waals surface area contributed by atoms with Crippen LogP contribution in [0, 0.1) is 0 Å². The van der Waals surface area contributed by atoms with Crippen molar-refractivity contribution >= 4 is 0 Å². The molecule has 0 amide bonds. The van der Waals surface area contributed by atoms with Crippen molar-refractivity contribution in [2.45, 2.75) is 26.4 Å². The molecule has 3 heteroatoms. The molecule has 0 heterocycles. The molecule has 0 spiro atoms. The maximum absolute atomic E-state index is 8.52. The average Bonchev–Trinajstić information content (AvgIpc) is 0.722. The molecule has 0 saturated carbocycles. The summed E-state index contributed by atoms with van der Waals surface area (Å²) >= 11 is 0. The van der Waals surface area contributed by atoms with Crippen molar-refractivity contribution in [3.63, 3.8) is 0 Å². The van der Waals surface area contributed by atoms with Crippen molar-refractivity contribution in [3.8, 4) is 0 Å². The quantitative estimate of drug-likeness (QED) is 0.372. The van der Waals surface area contributed by atoms with Gasteiger partial charge in [-0.15, -0.1) is 0 Å². The first-order valence-electron chi connectivity index (χ1n) is 1.72. The van der Waals surface area contributed by atoms with E-state index in [1.54, 1.807) is 20.8 Å². The molecular formula is C4H11KO2. The van der Waals surface area contributed by atoms with Crippen LogP contribution < -0.4 is 51.4 Å². The summed E-state index contributed by atoms with van der Waals surface area (Å²) in [6.07, 6.45) is 0. The molecule has 0 aliphatic heterocycles. The Balaban J connectivity index is -0.0000000800. The summed E-state index contributed by atoms with van der Waals surface area (Å²) in [5.74, 6) is 0. The largest absolute Gasteiger partial charge is 1.00 e. The number of hydrogen-bond acceptors (Lipinski definition) is 2. The molecular weight excluding hydrogens is 119 g/mol. The molecule has 40 valence electrons. The minimum absolute atomic E-state index is 0. The van der Waals surface area contributed by atoms with Gasteiger partial charge >= 0.3 is 51.4 Å². The van der Waals surface area contributed by atoms with Crippen molar-refractivity contribution in [1.82, 2.24) is 0 Å². The fourth-order valence-corrected chi connectivity index (χ4v) is 0. The number of aliphatic hydroxyl groups is 1. The van der Waals surface area contributed by atoms with Gasteiger partial charge in [-0.2, -0.15) is 0 Å². The topological polar surface area (TPSA) is 50.2 Å². The maximum atomic E-state index is 8.52. The molecule has 0 aromatic heterocycles. The fraction of sp³-hybridized carbons (Fsp3) is 1.00. The average molecular weight is 130 g/mol. The molecule has 0 unspecified atom stereocenters. The van der Waals surface area contributed by atoms with Crippen molar-refractivity contribution in [3.05, 3.63) is 0 Å². The van der Waals surface area contributed by atoms with Crippen LogP contribution in [0.2, 0.25) is 0 Å². The summed E-state index contributed by atoms with van der Waals surface area (Å²) < 4.78 is 0. The molecule has 0 aliphatic rings. The van der Waals surface area contributed by atoms with Gasteiger partial charge in [0.05, 0.1) is 5.60 Å². The van der Waals surface area contributed by atoms with Gasteiger partial charge in [-0.05, 0) is 20.8 Å². The van der Waals surface area contributed by atoms with Gasteiger partial charge < -0.3 is 10.6 Å². The van der Waals surface area contributed by atoms with E-state index in [4.69, 9.17) is 5.11 Å². The summed E-state index contributed by atoms with van der Waals surface area (Å²) in [7, 11) is 0. The van der Waals surface area contributed by atoms with E-state index >= 15 is 0 Å². The van der Waals surface area contributed by atoms with E-state index in [1.165, 1.54) is 0 Å². The predicted octanol–water partition coefficient (Wildman–Crippen LogP) is -2.40. The van der Waals surface area contributed by atoms with Gasteiger partial charge in [-0.3, -0.25) is 0 Å². The summed E-state index contributed by atoms with van der Waals surface area (Å²) in [4.78, 5) is 0. The van der Waals surface area contributed by atoms with E-state index in [-0.39, 0.29) is 56.9 Å². The second kappa shape index (κ2) is 5.69. The predicted molar refractivity (Wildman–Crippen MR) is 23.9 cm³/mol. The zero-order valence-electron chi connectivity index (χ0n) is 5.39. The van der Waals surface area contributed by atoms with Crippen LogP contribution in [0.25, 0.3) is 0 Å². The van der Waals surface area contributed by atoms with Gasteiger partial charge in [0.1, 0.15) is 0 Å². The van der Waals surface area contributed by atoms with E-state index in [1.807, 2.05) is 0 Å². The minimum atomic E-state index is -0.500. The van der Waals surface area contributed by atoms with Crippen LogP contribution in [0.5, 0.6) is 0 Å². The second-order valence-corrected chi connectivity index (χ2v) is 2.17. The first-order valence-corrected chi connectivity index (χ1v) is 1.72. The Morgan fingerprint density at radius 2 is 1.14 bits per heavy atom. The van der Waals surface area contributed by atoms with Crippen LogP contribution >= 0.6 is 0 Å². The van der Waals surface area contributed by atoms with Crippen molar-refractivity contribution < 1.29 is 62.0 Å². The molecule has 0 rings (SSSR count). The van der Waals surface area contributed by atoms with Gasteiger partial charge in [0, 0.05) is 0 Å². The Labute approximate surface area is 87.0 Å². The molecule has 0 saturated heterocycles. The summed E-state index contributed by atoms with van der Waals surface area (Å²) in [6, 6.07) is 0. The van der Waals surface area contributed by atoms with Crippen molar-refractivity contribution in [2.24, 2.45) is 0 Å². The normalized spacial score (nSPS) is 8.57. The van der Waals surface area contributed by atoms with E-state index in [9.17, 15) is 0 Å². The fourth-order valence-electron chi connectivity index (χ4n) is 0. The van der Waals surface area contributed by atoms with Crippen LogP contribution in [0.3, 0.4) is 0 Å². The molecule has 0 fully saturated rings. The first-order chi connectivity index (χ1) is 2.00. The monoisotopic (exact) mass is 130 g/mol. The number of rotatable bonds is 0. The standard InChI is InChI=1S/C4H10O.K.H2O/c1-4(2,3)5;;/h5H,1-3H3;;1H2/q;+1;/p-1. The smallest absolute Gasteiger partial charge is 0.870 e. The van der Waals surface area contributed by atoms with Crippen LogP contribution in [-0.4, -0.2) is 16.2 Å². The molecule has 7 heavy (non-hydrogen) atoms. The second-order valence-electron chi connectivity index (χ2n) is 2.17. The van der Waals surface area contributed by atoms with Crippen LogP contribution in [-0.2, 0) is 0 Å². The Bertz CT molecular complexity index is 25.2. The van der Waals surface area contributed by atoms with E-state index < -0.39 is 5.60 Å². The minimum Gasteiger partial charge on any atom is -0.870 e. The van der Waals surface area contributed by atoms with Gasteiger partial charge in [-0.1, -0.05) is 0 Å². The van der Waals surface area contributed by atoms with Crippen LogP contribution in [0.4, 0.5) is 0 Å². The van der Waals surface area contributed by atoms with Crippen molar-refractivity contribution in [2.75, 3.05) is 0 Å². The molecule has 0 radical (unpaired) electrons. The SMILES string of the molecule is CC(C)(C)O.[K+].[OH-]. The molecule has 0 bridgehead atoms. The Hall–Kier alpha value is 1.56. The van der Waals surface area contributed by atoms with Gasteiger partial charge in [0.15, 0.2) is 0 Å². The van der Waals surface area contributed by atoms with Crippen LogP contribution in [0.1, 0.15) is 20.8 Å². The van der Waals surface area contributed by atoms with Gasteiger partial charge in [0.2, 0.25) is 0 Å². The van der Waals surface area contributed by atoms with Crippen molar-refractivity contribution in [1.29, 1.82) is 0 Å². The zero-order valence-corrected chi connectivity index (χ0v) is 8.52. The van der Waals surface area contributed by atoms with E-state index in [0.717, 1.165) is 0 Å². The summed E-state index contributed by atoms with van der Waals surface area (Å²) in [5.41, 5.74) is -0.500. The molecule has 2 N–H and O–H groups in total. The molecule has 0 aliphatic carbocycles. The molecule has 2 nitrogen and oxygen atoms in total. The van der Waals surface area contributed by atoms with Gasteiger partial charge in [0.25, 0.3) is 0 Å².